The summed E-state index contributed by atoms with van der Waals surface area (Å²) < 4.78 is 44.9. The molecule has 0 saturated carbocycles. The molecule has 2 rings (SSSR count). The third kappa shape index (κ3) is 4.01. The third-order valence-electron chi connectivity index (χ3n) is 2.96. The molecule has 22 heavy (non-hydrogen) atoms. The Labute approximate surface area is 127 Å². The van der Waals surface area contributed by atoms with Crippen LogP contribution in [0.5, 0.6) is 5.75 Å². The number of allylic oxidation sites excluding steroid dienone is 3. The van der Waals surface area contributed by atoms with Crippen molar-refractivity contribution in [2.45, 2.75) is 6.92 Å². The van der Waals surface area contributed by atoms with Gasteiger partial charge >= 0.3 is 0 Å². The summed E-state index contributed by atoms with van der Waals surface area (Å²) in [6.07, 6.45) is 7.54. The largest absolute Gasteiger partial charge is 0.490 e. The van der Waals surface area contributed by atoms with Gasteiger partial charge in [-0.15, -0.1) is 0 Å². The Balaban J connectivity index is 2.09. The molecule has 0 aliphatic rings. The van der Waals surface area contributed by atoms with Gasteiger partial charge in [-0.3, -0.25) is 0 Å². The number of hydrogen-bond acceptors (Lipinski definition) is 1. The average Bonchev–Trinajstić information content (AvgIpc) is 2.52. The minimum atomic E-state index is -1.46. The van der Waals surface area contributed by atoms with Crippen molar-refractivity contribution in [2.24, 2.45) is 0 Å². The van der Waals surface area contributed by atoms with Gasteiger partial charge in [-0.1, -0.05) is 30.4 Å². The van der Waals surface area contributed by atoms with Crippen LogP contribution >= 0.6 is 0 Å². The molecular weight excluding hydrogens is 289 g/mol. The van der Waals surface area contributed by atoms with Gasteiger partial charge in [-0.2, -0.15) is 0 Å². The van der Waals surface area contributed by atoms with Gasteiger partial charge in [0.2, 0.25) is 0 Å². The lowest BCUT2D eigenvalue weighted by Crippen LogP contribution is -1.94. The van der Waals surface area contributed by atoms with E-state index in [0.717, 1.165) is 12.1 Å². The van der Waals surface area contributed by atoms with Crippen LogP contribution in [0.3, 0.4) is 0 Å². The Morgan fingerprint density at radius 2 is 1.55 bits per heavy atom. The Bertz CT molecular complexity index is 665. The van der Waals surface area contributed by atoms with Crippen molar-refractivity contribution in [1.29, 1.82) is 0 Å². The zero-order valence-electron chi connectivity index (χ0n) is 12.0. The van der Waals surface area contributed by atoms with E-state index in [2.05, 4.69) is 0 Å². The van der Waals surface area contributed by atoms with Gasteiger partial charge < -0.3 is 4.74 Å². The first-order chi connectivity index (χ1) is 10.6. The molecule has 0 aromatic heterocycles. The van der Waals surface area contributed by atoms with Crippen molar-refractivity contribution < 1.29 is 17.9 Å². The first kappa shape index (κ1) is 15.9. The van der Waals surface area contributed by atoms with Gasteiger partial charge in [-0.05, 0) is 48.4 Å². The van der Waals surface area contributed by atoms with Crippen molar-refractivity contribution in [3.63, 3.8) is 0 Å². The lowest BCUT2D eigenvalue weighted by atomic mass is 10.1. The zero-order valence-corrected chi connectivity index (χ0v) is 12.0. The topological polar surface area (TPSA) is 9.23 Å². The van der Waals surface area contributed by atoms with E-state index < -0.39 is 17.5 Å². The van der Waals surface area contributed by atoms with E-state index in [1.807, 2.05) is 31.2 Å². The van der Waals surface area contributed by atoms with Gasteiger partial charge in [0.25, 0.3) is 0 Å². The van der Waals surface area contributed by atoms with E-state index in [0.29, 0.717) is 17.9 Å². The zero-order chi connectivity index (χ0) is 15.9. The molecule has 0 unspecified atom stereocenters. The predicted molar refractivity (Wildman–Crippen MR) is 81.2 cm³/mol. The molecular formula is C18H15F3O. The molecule has 2 aromatic rings. The second-order valence-corrected chi connectivity index (χ2v) is 4.54. The first-order valence-electron chi connectivity index (χ1n) is 6.77. The van der Waals surface area contributed by atoms with Crippen LogP contribution in [-0.2, 0) is 0 Å². The SMILES string of the molecule is C/C=C/C=C/COc1ccc(-c2cc(F)c(F)c(F)c2)cc1. The average molecular weight is 304 g/mol. The lowest BCUT2D eigenvalue weighted by Gasteiger charge is -2.06. The molecule has 2 aromatic carbocycles. The molecule has 0 radical (unpaired) electrons. The maximum Gasteiger partial charge on any atom is 0.194 e. The Morgan fingerprint density at radius 3 is 2.14 bits per heavy atom. The highest BCUT2D eigenvalue weighted by Gasteiger charge is 2.11. The highest BCUT2D eigenvalue weighted by Crippen LogP contribution is 2.25. The molecule has 0 saturated heterocycles. The maximum atomic E-state index is 13.2. The predicted octanol–water partition coefficient (Wildman–Crippen LogP) is 5.28. The van der Waals surface area contributed by atoms with Crippen LogP contribution < -0.4 is 4.74 Å². The lowest BCUT2D eigenvalue weighted by molar-refractivity contribution is 0.363. The van der Waals surface area contributed by atoms with Crippen LogP contribution in [0.2, 0.25) is 0 Å². The quantitative estimate of drug-likeness (QED) is 0.539. The van der Waals surface area contributed by atoms with Gasteiger partial charge in [-0.25, -0.2) is 13.2 Å². The summed E-state index contributed by atoms with van der Waals surface area (Å²) in [6.45, 7) is 2.34. The fourth-order valence-corrected chi connectivity index (χ4v) is 1.86. The van der Waals surface area contributed by atoms with Crippen LogP contribution in [0.1, 0.15) is 6.92 Å². The maximum absolute atomic E-state index is 13.2. The highest BCUT2D eigenvalue weighted by atomic mass is 19.2. The molecule has 0 aliphatic heterocycles. The van der Waals surface area contributed by atoms with Crippen molar-refractivity contribution in [3.05, 3.63) is 78.2 Å². The fraction of sp³-hybridized carbons (Fsp3) is 0.111. The third-order valence-corrected chi connectivity index (χ3v) is 2.96. The molecule has 0 amide bonds. The molecule has 0 heterocycles. The standard InChI is InChI=1S/C18H15F3O/c1-2-3-4-5-10-22-15-8-6-13(7-9-15)14-11-16(19)18(21)17(20)12-14/h2-9,11-12H,10H2,1H3/b3-2+,5-4+. The molecule has 4 heteroatoms. The van der Waals surface area contributed by atoms with Crippen LogP contribution in [0.25, 0.3) is 11.1 Å². The number of ether oxygens (including phenoxy) is 1. The summed E-state index contributed by atoms with van der Waals surface area (Å²) in [4.78, 5) is 0. The molecule has 1 nitrogen and oxygen atoms in total. The normalized spacial score (nSPS) is 11.5. The van der Waals surface area contributed by atoms with Crippen LogP contribution in [0.15, 0.2) is 60.7 Å². The van der Waals surface area contributed by atoms with Crippen molar-refractivity contribution in [3.8, 4) is 16.9 Å². The minimum Gasteiger partial charge on any atom is -0.490 e. The smallest absolute Gasteiger partial charge is 0.194 e. The number of rotatable bonds is 5. The highest BCUT2D eigenvalue weighted by molar-refractivity contribution is 5.64. The summed E-state index contributed by atoms with van der Waals surface area (Å²) in [5.41, 5.74) is 0.852. The summed E-state index contributed by atoms with van der Waals surface area (Å²) in [5.74, 6) is -3.23. The van der Waals surface area contributed by atoms with Gasteiger partial charge in [0.15, 0.2) is 17.5 Å². The van der Waals surface area contributed by atoms with E-state index in [1.165, 1.54) is 0 Å². The minimum absolute atomic E-state index is 0.274. The Morgan fingerprint density at radius 1 is 0.909 bits per heavy atom. The van der Waals surface area contributed by atoms with Crippen LogP contribution in [0, 0.1) is 17.5 Å². The summed E-state index contributed by atoms with van der Waals surface area (Å²) >= 11 is 0. The van der Waals surface area contributed by atoms with Crippen LogP contribution in [0.4, 0.5) is 13.2 Å². The van der Waals surface area contributed by atoms with E-state index in [9.17, 15) is 13.2 Å². The summed E-state index contributed by atoms with van der Waals surface area (Å²) in [5, 5.41) is 0. The number of benzene rings is 2. The monoisotopic (exact) mass is 304 g/mol. The number of halogens is 3. The van der Waals surface area contributed by atoms with Crippen LogP contribution in [-0.4, -0.2) is 6.61 Å². The van der Waals surface area contributed by atoms with Crippen molar-refractivity contribution >= 4 is 0 Å². The summed E-state index contributed by atoms with van der Waals surface area (Å²) in [6, 6.07) is 8.65. The van der Waals surface area contributed by atoms with Crippen molar-refractivity contribution in [2.75, 3.05) is 6.61 Å². The molecule has 0 N–H and O–H groups in total. The molecule has 0 fully saturated rings. The number of hydrogen-bond donors (Lipinski definition) is 0. The van der Waals surface area contributed by atoms with Gasteiger partial charge in [0.05, 0.1) is 0 Å². The van der Waals surface area contributed by atoms with E-state index in [-0.39, 0.29) is 5.56 Å². The first-order valence-corrected chi connectivity index (χ1v) is 6.77. The van der Waals surface area contributed by atoms with E-state index >= 15 is 0 Å². The van der Waals surface area contributed by atoms with E-state index in [1.54, 1.807) is 24.3 Å². The molecule has 0 spiro atoms. The van der Waals surface area contributed by atoms with Gasteiger partial charge in [0.1, 0.15) is 12.4 Å². The second kappa shape index (κ2) is 7.50. The Hall–Kier alpha value is -2.49. The van der Waals surface area contributed by atoms with E-state index in [4.69, 9.17) is 4.74 Å². The molecule has 114 valence electrons. The fourth-order valence-electron chi connectivity index (χ4n) is 1.86. The molecule has 0 atom stereocenters. The van der Waals surface area contributed by atoms with Crippen molar-refractivity contribution in [1.82, 2.24) is 0 Å². The molecule has 0 aliphatic carbocycles. The second-order valence-electron chi connectivity index (χ2n) is 4.54. The molecule has 0 bridgehead atoms. The summed E-state index contributed by atoms with van der Waals surface area (Å²) in [7, 11) is 0. The Kier molecular flexibility index (Phi) is 5.42. The van der Waals surface area contributed by atoms with Gasteiger partial charge in [0, 0.05) is 0 Å².